The van der Waals surface area contributed by atoms with Crippen LogP contribution in [0, 0.1) is 0 Å². The summed E-state index contributed by atoms with van der Waals surface area (Å²) < 4.78 is 2.90. The fourth-order valence-electron chi connectivity index (χ4n) is 1.37. The molecule has 0 fully saturated rings. The van der Waals surface area contributed by atoms with E-state index in [0.717, 1.165) is 0 Å². The van der Waals surface area contributed by atoms with Crippen LogP contribution in [0.4, 0.5) is 0 Å². The molecule has 84 valence electrons. The van der Waals surface area contributed by atoms with E-state index in [1.807, 2.05) is 12.2 Å². The first-order chi connectivity index (χ1) is 8.45. The fourth-order valence-corrected chi connectivity index (χ4v) is 3.48. The molecule has 0 radical (unpaired) electrons. The predicted octanol–water partition coefficient (Wildman–Crippen LogP) is 4.20. The molecule has 0 bridgehead atoms. The molecule has 2 rings (SSSR count). The summed E-state index contributed by atoms with van der Waals surface area (Å²) in [7, 11) is 0. The van der Waals surface area contributed by atoms with Gasteiger partial charge in [0.05, 0.1) is 0 Å². The Bertz CT molecular complexity index is 446. The van der Waals surface area contributed by atoms with Crippen LogP contribution in [0.25, 0.3) is 0 Å². The van der Waals surface area contributed by atoms with E-state index in [1.54, 1.807) is 0 Å². The maximum absolute atomic E-state index is 2.22. The van der Waals surface area contributed by atoms with Gasteiger partial charge in [0.15, 0.2) is 0 Å². The molecular formula is C16H14Mo. The van der Waals surface area contributed by atoms with Crippen LogP contribution in [0.1, 0.15) is 0 Å². The first-order valence-corrected chi connectivity index (χ1v) is 7.57. The third-order valence-corrected chi connectivity index (χ3v) is 4.66. The first kappa shape index (κ1) is 12.1. The summed E-state index contributed by atoms with van der Waals surface area (Å²) in [5.41, 5.74) is 0. The summed E-state index contributed by atoms with van der Waals surface area (Å²) in [6, 6.07) is 0. The molecule has 0 N–H and O–H groups in total. The Hall–Kier alpha value is -1.39. The first-order valence-electron chi connectivity index (χ1n) is 5.56. The number of hydrogen-bond acceptors (Lipinski definition) is 0. The standard InChI is InChI=1S/2C8H7.Mo/c2*1-2-4-6-8-7-5-3-1;/h2*1-7H;. The minimum atomic E-state index is -0.292. The summed E-state index contributed by atoms with van der Waals surface area (Å²) in [6.45, 7) is 0. The maximum atomic E-state index is 2.22. The van der Waals surface area contributed by atoms with Crippen LogP contribution in [0.15, 0.2) is 93.0 Å². The predicted molar refractivity (Wildman–Crippen MR) is 71.0 cm³/mol. The van der Waals surface area contributed by atoms with E-state index in [9.17, 15) is 0 Å². The molecule has 0 saturated carbocycles. The van der Waals surface area contributed by atoms with Crippen molar-refractivity contribution in [2.24, 2.45) is 0 Å². The molecule has 17 heavy (non-hydrogen) atoms. The van der Waals surface area contributed by atoms with Crippen LogP contribution < -0.4 is 0 Å². The average Bonchev–Trinajstić information content (AvgIpc) is 2.24. The second-order valence-electron chi connectivity index (χ2n) is 3.50. The summed E-state index contributed by atoms with van der Waals surface area (Å²) in [6.07, 6.45) is 29.7. The monoisotopic (exact) mass is 304 g/mol. The van der Waals surface area contributed by atoms with Crippen molar-refractivity contribution >= 4 is 0 Å². The third-order valence-electron chi connectivity index (χ3n) is 2.17. The Morgan fingerprint density at radius 2 is 0.882 bits per heavy atom. The zero-order valence-electron chi connectivity index (χ0n) is 9.49. The normalized spacial score (nSPS) is 18.1. The Morgan fingerprint density at radius 3 is 1.41 bits per heavy atom. The molecule has 0 spiro atoms. The summed E-state index contributed by atoms with van der Waals surface area (Å²) in [4.78, 5) is 0. The van der Waals surface area contributed by atoms with Gasteiger partial charge in [-0.05, 0) is 0 Å². The van der Waals surface area contributed by atoms with E-state index >= 15 is 0 Å². The average molecular weight is 302 g/mol. The van der Waals surface area contributed by atoms with Crippen LogP contribution in [-0.4, -0.2) is 0 Å². The Kier molecular flexibility index (Phi) is 5.00. The van der Waals surface area contributed by atoms with Crippen molar-refractivity contribution in [1.29, 1.82) is 0 Å². The van der Waals surface area contributed by atoms with Crippen molar-refractivity contribution in [3.05, 3.63) is 93.0 Å². The van der Waals surface area contributed by atoms with Gasteiger partial charge in [0.2, 0.25) is 0 Å². The van der Waals surface area contributed by atoms with Crippen LogP contribution in [0.5, 0.6) is 0 Å². The van der Waals surface area contributed by atoms with Crippen LogP contribution >= 0.6 is 0 Å². The van der Waals surface area contributed by atoms with E-state index in [0.29, 0.717) is 0 Å². The van der Waals surface area contributed by atoms with Gasteiger partial charge in [0.25, 0.3) is 0 Å². The van der Waals surface area contributed by atoms with Gasteiger partial charge in [-0.15, -0.1) is 0 Å². The van der Waals surface area contributed by atoms with E-state index in [1.165, 1.54) is 7.93 Å². The SMILES string of the molecule is C1=CC=C[C]([Mo][C]2=CC=CC=CC=C2)=CC=C1. The van der Waals surface area contributed by atoms with E-state index in [-0.39, 0.29) is 18.6 Å². The quantitative estimate of drug-likeness (QED) is 0.671. The minimum absolute atomic E-state index is 0.292. The van der Waals surface area contributed by atoms with Gasteiger partial charge in [-0.25, -0.2) is 0 Å². The molecule has 0 amide bonds. The van der Waals surface area contributed by atoms with Crippen LogP contribution in [-0.2, 0) is 18.6 Å². The molecule has 1 heteroatoms. The second-order valence-corrected chi connectivity index (χ2v) is 6.32. The van der Waals surface area contributed by atoms with Crippen LogP contribution in [0.2, 0.25) is 0 Å². The van der Waals surface area contributed by atoms with Crippen molar-refractivity contribution in [2.75, 3.05) is 0 Å². The number of hydrogen-bond donors (Lipinski definition) is 0. The van der Waals surface area contributed by atoms with Gasteiger partial charge in [0, 0.05) is 0 Å². The van der Waals surface area contributed by atoms with Crippen molar-refractivity contribution in [3.8, 4) is 0 Å². The summed E-state index contributed by atoms with van der Waals surface area (Å²) >= 11 is -0.292. The molecule has 0 aromatic heterocycles. The van der Waals surface area contributed by atoms with Crippen molar-refractivity contribution in [1.82, 2.24) is 0 Å². The van der Waals surface area contributed by atoms with Gasteiger partial charge in [-0.2, -0.15) is 0 Å². The van der Waals surface area contributed by atoms with Gasteiger partial charge >= 0.3 is 112 Å². The molecule has 0 aromatic carbocycles. The zero-order valence-corrected chi connectivity index (χ0v) is 11.5. The van der Waals surface area contributed by atoms with E-state index < -0.39 is 0 Å². The van der Waals surface area contributed by atoms with Crippen LogP contribution in [0.3, 0.4) is 0 Å². The van der Waals surface area contributed by atoms with Crippen molar-refractivity contribution in [3.63, 3.8) is 0 Å². The molecule has 0 heterocycles. The molecule has 0 saturated heterocycles. The summed E-state index contributed by atoms with van der Waals surface area (Å²) in [5, 5.41) is 0. The number of rotatable bonds is 2. The molecule has 0 aliphatic heterocycles. The van der Waals surface area contributed by atoms with Gasteiger partial charge in [0.1, 0.15) is 0 Å². The Labute approximate surface area is 111 Å². The van der Waals surface area contributed by atoms with Gasteiger partial charge < -0.3 is 0 Å². The van der Waals surface area contributed by atoms with Crippen molar-refractivity contribution in [2.45, 2.75) is 0 Å². The molecule has 0 atom stereocenters. The van der Waals surface area contributed by atoms with Crippen molar-refractivity contribution < 1.29 is 18.6 Å². The molecular weight excluding hydrogens is 288 g/mol. The summed E-state index contributed by atoms with van der Waals surface area (Å²) in [5.74, 6) is 0. The molecule has 2 aliphatic rings. The number of allylic oxidation sites excluding steroid dienone is 16. The molecule has 2 aliphatic carbocycles. The Morgan fingerprint density at radius 1 is 0.471 bits per heavy atom. The van der Waals surface area contributed by atoms with E-state index in [4.69, 9.17) is 0 Å². The topological polar surface area (TPSA) is 0 Å². The fraction of sp³-hybridized carbons (Fsp3) is 0. The molecule has 0 nitrogen and oxygen atoms in total. The zero-order chi connectivity index (χ0) is 11.8. The molecule has 0 unspecified atom stereocenters. The van der Waals surface area contributed by atoms with E-state index in [2.05, 4.69) is 72.9 Å². The third kappa shape index (κ3) is 4.54. The Balaban J connectivity index is 2.10. The molecule has 0 aromatic rings. The van der Waals surface area contributed by atoms with Gasteiger partial charge in [-0.1, -0.05) is 0 Å². The second kappa shape index (κ2) is 7.04. The van der Waals surface area contributed by atoms with Gasteiger partial charge in [-0.3, -0.25) is 0 Å².